The number of aliphatic imine (C=N–C) groups is 1. The predicted octanol–water partition coefficient (Wildman–Crippen LogP) is 4.46. The molecule has 3 nitrogen and oxygen atoms in total. The van der Waals surface area contributed by atoms with Crippen LogP contribution in [0.4, 0.5) is 8.78 Å². The number of carbonyl (C=O) groups excluding carboxylic acids is 1. The third-order valence-corrected chi connectivity index (χ3v) is 4.98. The van der Waals surface area contributed by atoms with E-state index in [0.717, 1.165) is 29.9 Å². The zero-order valence-corrected chi connectivity index (χ0v) is 13.6. The Morgan fingerprint density at radius 2 is 2.00 bits per heavy atom. The summed E-state index contributed by atoms with van der Waals surface area (Å²) in [5, 5.41) is 5.56. The van der Waals surface area contributed by atoms with Crippen LogP contribution in [0.1, 0.15) is 60.9 Å². The van der Waals surface area contributed by atoms with Gasteiger partial charge in [0.2, 0.25) is 0 Å². The van der Waals surface area contributed by atoms with Crippen LogP contribution in [0.15, 0.2) is 15.8 Å². The lowest BCUT2D eigenvalue weighted by molar-refractivity contribution is 0.0946. The first-order chi connectivity index (χ1) is 10.6. The Kier molecular flexibility index (Phi) is 6.49. The van der Waals surface area contributed by atoms with Crippen molar-refractivity contribution in [1.82, 2.24) is 5.32 Å². The molecule has 1 fully saturated rings. The van der Waals surface area contributed by atoms with Crippen LogP contribution < -0.4 is 5.32 Å². The molecule has 22 heavy (non-hydrogen) atoms. The van der Waals surface area contributed by atoms with E-state index in [1.807, 2.05) is 0 Å². The summed E-state index contributed by atoms with van der Waals surface area (Å²) in [6.07, 6.45) is 4.48. The summed E-state index contributed by atoms with van der Waals surface area (Å²) in [7, 11) is 1.74. The molecule has 0 aliphatic heterocycles. The van der Waals surface area contributed by atoms with E-state index in [1.54, 1.807) is 7.05 Å². The highest BCUT2D eigenvalue weighted by atomic mass is 32.1. The van der Waals surface area contributed by atoms with Crippen molar-refractivity contribution in [2.45, 2.75) is 45.0 Å². The van der Waals surface area contributed by atoms with Crippen LogP contribution in [-0.2, 0) is 0 Å². The fourth-order valence-corrected chi connectivity index (χ4v) is 3.77. The highest BCUT2D eigenvalue weighted by Gasteiger charge is 2.21. The van der Waals surface area contributed by atoms with E-state index in [0.29, 0.717) is 12.5 Å². The second-order valence-electron chi connectivity index (χ2n) is 5.63. The lowest BCUT2D eigenvalue weighted by Crippen LogP contribution is -2.33. The summed E-state index contributed by atoms with van der Waals surface area (Å²) in [6.45, 7) is 0.346. The maximum atomic E-state index is 12.8. The number of halogens is 2. The van der Waals surface area contributed by atoms with Crippen molar-refractivity contribution in [3.05, 3.63) is 21.9 Å². The minimum Gasteiger partial charge on any atom is -0.347 e. The van der Waals surface area contributed by atoms with E-state index >= 15 is 0 Å². The van der Waals surface area contributed by atoms with Crippen molar-refractivity contribution in [1.29, 1.82) is 0 Å². The molecule has 1 aromatic rings. The average Bonchev–Trinajstić information content (AvgIpc) is 2.85. The molecule has 1 aliphatic carbocycles. The van der Waals surface area contributed by atoms with Crippen molar-refractivity contribution in [2.75, 3.05) is 13.6 Å². The molecule has 1 heterocycles. The summed E-state index contributed by atoms with van der Waals surface area (Å²) in [5.41, 5.74) is 0.868. The first kappa shape index (κ1) is 17.1. The van der Waals surface area contributed by atoms with Crippen LogP contribution in [0, 0.1) is 5.92 Å². The molecule has 0 unspecified atom stereocenters. The van der Waals surface area contributed by atoms with Gasteiger partial charge in [-0.3, -0.25) is 9.79 Å². The molecule has 1 aliphatic rings. The lowest BCUT2D eigenvalue weighted by atomic mass is 9.94. The van der Waals surface area contributed by atoms with E-state index in [2.05, 4.69) is 10.3 Å². The van der Waals surface area contributed by atoms with Gasteiger partial charge >= 0.3 is 0 Å². The Bertz CT molecular complexity index is 520. The Balaban J connectivity index is 1.95. The molecular formula is C16H22F2N2OS. The van der Waals surface area contributed by atoms with E-state index in [4.69, 9.17) is 0 Å². The van der Waals surface area contributed by atoms with E-state index < -0.39 is 12.3 Å². The van der Waals surface area contributed by atoms with Gasteiger partial charge in [-0.15, -0.1) is 0 Å². The van der Waals surface area contributed by atoms with Gasteiger partial charge in [0.05, 0.1) is 12.1 Å². The number of rotatable bonds is 5. The predicted molar refractivity (Wildman–Crippen MR) is 86.2 cm³/mol. The molecule has 6 heteroatoms. The van der Waals surface area contributed by atoms with Crippen LogP contribution >= 0.6 is 11.3 Å². The van der Waals surface area contributed by atoms with Crippen LogP contribution in [0.5, 0.6) is 0 Å². The molecule has 122 valence electrons. The Morgan fingerprint density at radius 1 is 1.32 bits per heavy atom. The van der Waals surface area contributed by atoms with Crippen molar-refractivity contribution in [3.63, 3.8) is 0 Å². The minimum atomic E-state index is -2.62. The topological polar surface area (TPSA) is 41.5 Å². The molecule has 0 aromatic carbocycles. The van der Waals surface area contributed by atoms with Gasteiger partial charge in [-0.1, -0.05) is 25.7 Å². The van der Waals surface area contributed by atoms with Gasteiger partial charge < -0.3 is 5.32 Å². The van der Waals surface area contributed by atoms with Crippen LogP contribution in [-0.4, -0.2) is 25.2 Å². The third kappa shape index (κ3) is 4.35. The fraction of sp³-hybridized carbons (Fsp3) is 0.625. The van der Waals surface area contributed by atoms with Gasteiger partial charge in [0.1, 0.15) is 0 Å². The van der Waals surface area contributed by atoms with Crippen molar-refractivity contribution >= 4 is 23.0 Å². The highest BCUT2D eigenvalue weighted by Crippen LogP contribution is 2.27. The molecule has 0 saturated heterocycles. The molecule has 1 N–H and O–H groups in total. The summed E-state index contributed by atoms with van der Waals surface area (Å²) in [6, 6.07) is 0. The normalized spacial score (nSPS) is 17.5. The van der Waals surface area contributed by atoms with Crippen molar-refractivity contribution in [3.8, 4) is 0 Å². The average molecular weight is 328 g/mol. The third-order valence-electron chi connectivity index (χ3n) is 4.22. The summed E-state index contributed by atoms with van der Waals surface area (Å²) < 4.78 is 25.7. The zero-order chi connectivity index (χ0) is 15.9. The summed E-state index contributed by atoms with van der Waals surface area (Å²) in [4.78, 5) is 16.4. The standard InChI is InChI=1S/C16H22F2N2OS/c1-19-14(11-6-4-2-3-5-7-11)8-20-16(21)13-10-22-9-12(13)15(17)18/h9-11,15H,2-8H2,1H3,(H,20,21). The Hall–Kier alpha value is -1.30. The fourth-order valence-electron chi connectivity index (χ4n) is 2.95. The van der Waals surface area contributed by atoms with Gasteiger partial charge in [-0.2, -0.15) is 11.3 Å². The minimum absolute atomic E-state index is 0.0799. The number of hydrogen-bond donors (Lipinski definition) is 1. The van der Waals surface area contributed by atoms with E-state index in [1.165, 1.54) is 36.4 Å². The molecule has 1 saturated carbocycles. The Labute approximate surface area is 133 Å². The van der Waals surface area contributed by atoms with Crippen LogP contribution in [0.25, 0.3) is 0 Å². The zero-order valence-electron chi connectivity index (χ0n) is 12.8. The van der Waals surface area contributed by atoms with Gasteiger partial charge in [-0.05, 0) is 18.8 Å². The quantitative estimate of drug-likeness (QED) is 0.629. The van der Waals surface area contributed by atoms with Gasteiger partial charge in [-0.25, -0.2) is 8.78 Å². The van der Waals surface area contributed by atoms with E-state index in [-0.39, 0.29) is 11.1 Å². The lowest BCUT2D eigenvalue weighted by Gasteiger charge is -2.17. The number of alkyl halides is 2. The molecule has 0 atom stereocenters. The van der Waals surface area contributed by atoms with Gasteiger partial charge in [0.15, 0.2) is 0 Å². The molecule has 1 amide bonds. The summed E-state index contributed by atoms with van der Waals surface area (Å²) in [5.74, 6) is -0.0313. The molecule has 0 radical (unpaired) electrons. The molecule has 2 rings (SSSR count). The van der Waals surface area contributed by atoms with Gasteiger partial charge in [0, 0.05) is 29.1 Å². The maximum absolute atomic E-state index is 12.8. The summed E-state index contributed by atoms with van der Waals surface area (Å²) >= 11 is 1.12. The monoisotopic (exact) mass is 328 g/mol. The smallest absolute Gasteiger partial charge is 0.265 e. The second kappa shape index (κ2) is 8.36. The molecular weight excluding hydrogens is 306 g/mol. The SMILES string of the molecule is CN=C(CNC(=O)c1cscc1C(F)F)C1CCCCCC1. The number of nitrogens with zero attached hydrogens (tertiary/aromatic N) is 1. The number of nitrogens with one attached hydrogen (secondary N) is 1. The highest BCUT2D eigenvalue weighted by molar-refractivity contribution is 7.08. The number of thiophene rings is 1. The van der Waals surface area contributed by atoms with E-state index in [9.17, 15) is 13.6 Å². The maximum Gasteiger partial charge on any atom is 0.265 e. The molecule has 0 spiro atoms. The molecule has 1 aromatic heterocycles. The Morgan fingerprint density at radius 3 is 2.59 bits per heavy atom. The number of hydrogen-bond acceptors (Lipinski definition) is 3. The largest absolute Gasteiger partial charge is 0.347 e. The van der Waals surface area contributed by atoms with Gasteiger partial charge in [0.25, 0.3) is 12.3 Å². The van der Waals surface area contributed by atoms with Crippen molar-refractivity contribution < 1.29 is 13.6 Å². The molecule has 0 bridgehead atoms. The van der Waals surface area contributed by atoms with Crippen molar-refractivity contribution in [2.24, 2.45) is 10.9 Å². The second-order valence-corrected chi connectivity index (χ2v) is 6.37. The van der Waals surface area contributed by atoms with Crippen LogP contribution in [0.3, 0.4) is 0 Å². The number of amides is 1. The van der Waals surface area contributed by atoms with Crippen LogP contribution in [0.2, 0.25) is 0 Å². The first-order valence-corrected chi connectivity index (χ1v) is 8.65. The first-order valence-electron chi connectivity index (χ1n) is 7.71. The number of carbonyl (C=O) groups is 1.